The van der Waals surface area contributed by atoms with E-state index in [9.17, 15) is 66.4 Å². The van der Waals surface area contributed by atoms with E-state index < -0.39 is 166 Å². The zero-order valence-electron chi connectivity index (χ0n) is 47.8. The second-order valence-corrected chi connectivity index (χ2v) is 27.7. The Morgan fingerprint density at radius 1 is 0.556 bits per heavy atom. The van der Waals surface area contributed by atoms with Crippen molar-refractivity contribution in [1.29, 1.82) is 0 Å². The molecule has 10 rings (SSSR count). The first kappa shape index (κ1) is 62.4. The van der Waals surface area contributed by atoms with E-state index in [1.165, 1.54) is 12.5 Å². The molecular weight excluding hydrogens is 1070 g/mol. The van der Waals surface area contributed by atoms with Crippen LogP contribution in [0.25, 0.3) is 0 Å². The number of aliphatic hydroxyl groups is 13. The topological polar surface area (TPSA) is 372 Å². The molecule has 81 heavy (non-hydrogen) atoms. The van der Waals surface area contributed by atoms with Crippen LogP contribution in [-0.2, 0) is 52.2 Å². The van der Waals surface area contributed by atoms with Gasteiger partial charge in [0.05, 0.1) is 44.1 Å². The van der Waals surface area contributed by atoms with Gasteiger partial charge in [-0.25, -0.2) is 0 Å². The predicted octanol–water partition coefficient (Wildman–Crippen LogP) is -1.27. The lowest BCUT2D eigenvalue weighted by Gasteiger charge is -2.71. The lowest BCUT2D eigenvalue weighted by molar-refractivity contribution is -0.372. The summed E-state index contributed by atoms with van der Waals surface area (Å²) in [6.45, 7) is 15.8. The molecule has 24 heteroatoms. The van der Waals surface area contributed by atoms with Crippen molar-refractivity contribution in [3.05, 3.63) is 11.6 Å². The Bertz CT molecular complexity index is 2250. The Labute approximate surface area is 472 Å². The summed E-state index contributed by atoms with van der Waals surface area (Å²) in [6, 6.07) is 0. The maximum Gasteiger partial charge on any atom is 0.315 e. The number of carbonyl (C=O) groups is 1. The maximum atomic E-state index is 15.2. The third kappa shape index (κ3) is 10.5. The fourth-order valence-corrected chi connectivity index (χ4v) is 17.2. The molecule has 24 nitrogen and oxygen atoms in total. The molecule has 9 fully saturated rings. The normalized spacial score (nSPS) is 54.4. The fourth-order valence-electron chi connectivity index (χ4n) is 17.2. The van der Waals surface area contributed by atoms with Crippen molar-refractivity contribution < 1.29 is 119 Å². The van der Waals surface area contributed by atoms with Gasteiger partial charge in [-0.15, -0.1) is 0 Å². The van der Waals surface area contributed by atoms with E-state index in [2.05, 4.69) is 54.5 Å². The van der Waals surface area contributed by atoms with E-state index in [0.29, 0.717) is 25.7 Å². The minimum atomic E-state index is -1.86. The van der Waals surface area contributed by atoms with Crippen molar-refractivity contribution >= 4 is 5.97 Å². The number of hydrogen-bond acceptors (Lipinski definition) is 24. The van der Waals surface area contributed by atoms with Crippen LogP contribution in [0.4, 0.5) is 0 Å². The van der Waals surface area contributed by atoms with Crippen LogP contribution in [-0.4, -0.2) is 240 Å². The number of carbonyl (C=O) groups excluding carboxylic acids is 1. The summed E-state index contributed by atoms with van der Waals surface area (Å²) in [5.74, 6) is -0.224. The van der Waals surface area contributed by atoms with Gasteiger partial charge in [0.2, 0.25) is 6.29 Å². The van der Waals surface area contributed by atoms with Gasteiger partial charge in [-0.05, 0) is 116 Å². The molecule has 30 unspecified atom stereocenters. The number of hydrogen-bond donors (Lipinski definition) is 13. The van der Waals surface area contributed by atoms with Gasteiger partial charge in [0.1, 0.15) is 97.7 Å². The summed E-state index contributed by atoms with van der Waals surface area (Å²) in [5.41, 5.74) is -0.766. The molecule has 464 valence electrons. The molecule has 0 aromatic carbocycles. The highest BCUT2D eigenvalue weighted by molar-refractivity contribution is 5.79. The highest BCUT2D eigenvalue weighted by atomic mass is 16.8. The molecule has 0 radical (unpaired) electrons. The molecular formula is C57H92O24. The van der Waals surface area contributed by atoms with Gasteiger partial charge in [0.25, 0.3) is 0 Å². The van der Waals surface area contributed by atoms with Crippen LogP contribution in [0.15, 0.2) is 11.6 Å². The van der Waals surface area contributed by atoms with Crippen LogP contribution in [0.5, 0.6) is 0 Å². The van der Waals surface area contributed by atoms with E-state index in [1.807, 2.05) is 0 Å². The molecule has 5 aliphatic carbocycles. The first-order chi connectivity index (χ1) is 37.9. The fraction of sp³-hybridized carbons (Fsp3) is 0.947. The van der Waals surface area contributed by atoms with E-state index in [-0.39, 0.29) is 57.5 Å². The predicted molar refractivity (Wildman–Crippen MR) is 276 cm³/mol. The van der Waals surface area contributed by atoms with Crippen LogP contribution in [0.2, 0.25) is 0 Å². The molecule has 0 bridgehead atoms. The van der Waals surface area contributed by atoms with Crippen LogP contribution in [0, 0.1) is 50.2 Å². The van der Waals surface area contributed by atoms with Gasteiger partial charge in [0, 0.05) is 0 Å². The Morgan fingerprint density at radius 3 is 1.78 bits per heavy atom. The Kier molecular flexibility index (Phi) is 17.6. The Morgan fingerprint density at radius 2 is 1.11 bits per heavy atom. The van der Waals surface area contributed by atoms with Crippen LogP contribution >= 0.6 is 0 Å². The highest BCUT2D eigenvalue weighted by Crippen LogP contribution is 2.76. The summed E-state index contributed by atoms with van der Waals surface area (Å²) in [5, 5.41) is 140. The third-order valence-electron chi connectivity index (χ3n) is 22.3. The average molecular weight is 1160 g/mol. The van der Waals surface area contributed by atoms with Crippen LogP contribution < -0.4 is 0 Å². The number of rotatable bonds is 11. The summed E-state index contributed by atoms with van der Waals surface area (Å²) in [6.07, 6.45) is -24.3. The molecule has 0 aromatic rings. The lowest BCUT2D eigenvalue weighted by Crippen LogP contribution is -2.66. The van der Waals surface area contributed by atoms with Crippen molar-refractivity contribution in [2.24, 2.45) is 50.2 Å². The van der Waals surface area contributed by atoms with Gasteiger partial charge in [-0.3, -0.25) is 4.79 Å². The maximum absolute atomic E-state index is 15.2. The van der Waals surface area contributed by atoms with Gasteiger partial charge in [-0.2, -0.15) is 0 Å². The SMILES string of the molecule is CC1OC(OC2C(O)COC(OC3C(O)COC(OC(=O)C45CCC(C)(C)CC4C4=CCC6C7(C)CCC(OC8OC(CO)C(O)C(O)C8O)C(C)(C)C7CCC6(C)C4(C)CC5)C3O)C2O)C(O)C(O)C1OC1OCC(O)C(O)C1O. The van der Waals surface area contributed by atoms with Crippen LogP contribution in [0.1, 0.15) is 120 Å². The smallest absolute Gasteiger partial charge is 0.315 e. The minimum absolute atomic E-state index is 0.111. The highest BCUT2D eigenvalue weighted by Gasteiger charge is 2.70. The number of esters is 1. The second-order valence-electron chi connectivity index (χ2n) is 27.7. The molecule has 4 saturated carbocycles. The molecule has 0 aromatic heterocycles. The summed E-state index contributed by atoms with van der Waals surface area (Å²) < 4.78 is 58.8. The molecule has 0 spiro atoms. The molecule has 0 amide bonds. The minimum Gasteiger partial charge on any atom is -0.432 e. The summed E-state index contributed by atoms with van der Waals surface area (Å²) in [7, 11) is 0. The first-order valence-electron chi connectivity index (χ1n) is 29.4. The second kappa shape index (κ2) is 22.8. The van der Waals surface area contributed by atoms with Crippen LogP contribution in [0.3, 0.4) is 0 Å². The van der Waals surface area contributed by atoms with Crippen molar-refractivity contribution in [3.63, 3.8) is 0 Å². The van der Waals surface area contributed by atoms with Gasteiger partial charge < -0.3 is 114 Å². The molecule has 13 N–H and O–H groups in total. The van der Waals surface area contributed by atoms with Gasteiger partial charge >= 0.3 is 5.97 Å². The van der Waals surface area contributed by atoms with Crippen molar-refractivity contribution in [1.82, 2.24) is 0 Å². The summed E-state index contributed by atoms with van der Waals surface area (Å²) in [4.78, 5) is 15.2. The first-order valence-corrected chi connectivity index (χ1v) is 29.4. The number of ether oxygens (including phenoxy) is 10. The largest absolute Gasteiger partial charge is 0.432 e. The van der Waals surface area contributed by atoms with E-state index in [0.717, 1.165) is 38.5 Å². The molecule has 10 aliphatic rings. The van der Waals surface area contributed by atoms with Crippen molar-refractivity contribution in [3.8, 4) is 0 Å². The third-order valence-corrected chi connectivity index (χ3v) is 22.3. The lowest BCUT2D eigenvalue weighted by atomic mass is 9.33. The molecule has 5 aliphatic heterocycles. The summed E-state index contributed by atoms with van der Waals surface area (Å²) >= 11 is 0. The zero-order valence-corrected chi connectivity index (χ0v) is 47.8. The number of fused-ring (bicyclic) bond motifs is 7. The van der Waals surface area contributed by atoms with Gasteiger partial charge in [-0.1, -0.05) is 60.1 Å². The molecule has 30 atom stereocenters. The molecule has 5 saturated heterocycles. The average Bonchev–Trinajstić information content (AvgIpc) is 1.51. The zero-order chi connectivity index (χ0) is 58.8. The Balaban J connectivity index is 0.809. The number of allylic oxidation sites excluding steroid dienone is 2. The van der Waals surface area contributed by atoms with Crippen molar-refractivity contribution in [2.45, 2.75) is 261 Å². The standard InChI is InChI=1S/C57H92O24/c1-24-43(78-46-38(66)34(62)27(59)21-72-46)37(65)40(68)49(75-24)80-45-29(61)22-73-47(41(45)69)79-44-28(60)23-74-48(42(44)70)81-51(71)57-17-15-52(2,3)19-26(57)25-9-10-32-54(6)13-12-33(77-50-39(67)36(64)35(63)30(20-58)76-50)53(4,5)31(54)11-14-56(32,8)55(25,7)16-18-57/h9,24,26-50,58-70H,10-23H2,1-8H3. The molecule has 5 heterocycles. The number of aliphatic hydroxyl groups excluding tert-OH is 13. The van der Waals surface area contributed by atoms with E-state index >= 15 is 4.79 Å². The van der Waals surface area contributed by atoms with Crippen molar-refractivity contribution in [2.75, 3.05) is 26.4 Å². The van der Waals surface area contributed by atoms with E-state index in [4.69, 9.17) is 47.4 Å². The quantitative estimate of drug-likeness (QED) is 0.0652. The monoisotopic (exact) mass is 1160 g/mol. The Hall–Kier alpha value is -1.67. The van der Waals surface area contributed by atoms with E-state index in [1.54, 1.807) is 0 Å². The van der Waals surface area contributed by atoms with Gasteiger partial charge in [0.15, 0.2) is 25.2 Å².